The average molecular weight is 169 g/mol. The highest BCUT2D eigenvalue weighted by molar-refractivity contribution is 8.09. The Morgan fingerprint density at radius 1 is 1.78 bits per heavy atom. The van der Waals surface area contributed by atoms with E-state index in [4.69, 9.17) is 15.4 Å². The lowest BCUT2D eigenvalue weighted by Crippen LogP contribution is -2.18. The molecule has 4 heteroatoms. The zero-order valence-corrected chi connectivity index (χ0v) is 6.80. The van der Waals surface area contributed by atoms with Gasteiger partial charge in [-0.2, -0.15) is 0 Å². The maximum Gasteiger partial charge on any atom is 0.123 e. The number of rotatable bonds is 3. The molecule has 9 heavy (non-hydrogen) atoms. The SMILES string of the molecule is COCC1(S(=O)Cl)CC1. The molecule has 1 fully saturated rings. The molecule has 0 bridgehead atoms. The fourth-order valence-electron chi connectivity index (χ4n) is 0.754. The van der Waals surface area contributed by atoms with Gasteiger partial charge in [-0.3, -0.25) is 0 Å². The first-order valence-corrected chi connectivity index (χ1v) is 4.76. The lowest BCUT2D eigenvalue weighted by Gasteiger charge is -2.06. The fourth-order valence-corrected chi connectivity index (χ4v) is 1.98. The van der Waals surface area contributed by atoms with Gasteiger partial charge in [0.25, 0.3) is 0 Å². The van der Waals surface area contributed by atoms with E-state index < -0.39 is 10.0 Å². The van der Waals surface area contributed by atoms with E-state index in [0.29, 0.717) is 6.61 Å². The summed E-state index contributed by atoms with van der Waals surface area (Å²) in [6.07, 6.45) is 1.88. The number of methoxy groups -OCH3 is 1. The Morgan fingerprint density at radius 3 is 2.44 bits per heavy atom. The van der Waals surface area contributed by atoms with Crippen LogP contribution in [-0.4, -0.2) is 22.7 Å². The Hall–Kier alpha value is 0.400. The molecule has 0 amide bonds. The van der Waals surface area contributed by atoms with Gasteiger partial charge in [-0.1, -0.05) is 0 Å². The smallest absolute Gasteiger partial charge is 0.123 e. The van der Waals surface area contributed by atoms with Gasteiger partial charge >= 0.3 is 0 Å². The minimum absolute atomic E-state index is 0.184. The summed E-state index contributed by atoms with van der Waals surface area (Å²) >= 11 is 0. The molecule has 0 N–H and O–H groups in total. The standard InChI is InChI=1S/C5H9ClO2S/c1-8-4-5(2-3-5)9(6)7/h2-4H2,1H3. The molecule has 1 unspecified atom stereocenters. The van der Waals surface area contributed by atoms with Gasteiger partial charge in [-0.25, -0.2) is 4.21 Å². The zero-order chi connectivity index (χ0) is 6.91. The van der Waals surface area contributed by atoms with Crippen LogP contribution in [0.5, 0.6) is 0 Å². The van der Waals surface area contributed by atoms with Gasteiger partial charge in [0, 0.05) is 7.11 Å². The first kappa shape index (κ1) is 7.51. The fraction of sp³-hybridized carbons (Fsp3) is 1.00. The van der Waals surface area contributed by atoms with Crippen LogP contribution in [0.4, 0.5) is 0 Å². The van der Waals surface area contributed by atoms with Gasteiger partial charge in [0.1, 0.15) is 10.0 Å². The van der Waals surface area contributed by atoms with E-state index in [1.807, 2.05) is 0 Å². The van der Waals surface area contributed by atoms with E-state index in [1.165, 1.54) is 0 Å². The summed E-state index contributed by atoms with van der Waals surface area (Å²) in [5.41, 5.74) is 0. The van der Waals surface area contributed by atoms with Crippen molar-refractivity contribution >= 4 is 20.7 Å². The molecule has 54 valence electrons. The van der Waals surface area contributed by atoms with Crippen molar-refractivity contribution in [2.24, 2.45) is 0 Å². The van der Waals surface area contributed by atoms with Gasteiger partial charge in [-0.15, -0.1) is 0 Å². The van der Waals surface area contributed by atoms with E-state index in [1.54, 1.807) is 7.11 Å². The van der Waals surface area contributed by atoms with Crippen molar-refractivity contribution < 1.29 is 8.95 Å². The predicted octanol–water partition coefficient (Wildman–Crippen LogP) is 1.07. The summed E-state index contributed by atoms with van der Waals surface area (Å²) in [7, 11) is 5.79. The largest absolute Gasteiger partial charge is 0.383 e. The summed E-state index contributed by atoms with van der Waals surface area (Å²) in [5.74, 6) is 0. The molecule has 0 aromatic rings. The molecule has 0 spiro atoms. The van der Waals surface area contributed by atoms with Crippen molar-refractivity contribution in [3.8, 4) is 0 Å². The molecule has 0 aromatic carbocycles. The molecule has 0 aromatic heterocycles. The maximum atomic E-state index is 10.7. The number of halogens is 1. The molecule has 1 aliphatic carbocycles. The normalized spacial score (nSPS) is 25.6. The van der Waals surface area contributed by atoms with E-state index in [0.717, 1.165) is 12.8 Å². The van der Waals surface area contributed by atoms with Crippen molar-refractivity contribution in [1.29, 1.82) is 0 Å². The van der Waals surface area contributed by atoms with Crippen molar-refractivity contribution in [1.82, 2.24) is 0 Å². The van der Waals surface area contributed by atoms with Gasteiger partial charge in [0.15, 0.2) is 0 Å². The van der Waals surface area contributed by atoms with Gasteiger partial charge < -0.3 is 4.74 Å². The number of hydrogen-bond acceptors (Lipinski definition) is 2. The maximum absolute atomic E-state index is 10.7. The molecule has 0 radical (unpaired) electrons. The zero-order valence-electron chi connectivity index (χ0n) is 5.22. The third-order valence-corrected chi connectivity index (χ3v) is 3.74. The predicted molar refractivity (Wildman–Crippen MR) is 37.8 cm³/mol. The van der Waals surface area contributed by atoms with Crippen LogP contribution in [0.1, 0.15) is 12.8 Å². The Kier molecular flexibility index (Phi) is 2.14. The quantitative estimate of drug-likeness (QED) is 0.590. The van der Waals surface area contributed by atoms with Crippen LogP contribution >= 0.6 is 10.7 Å². The van der Waals surface area contributed by atoms with Crippen LogP contribution in [0.2, 0.25) is 0 Å². The Bertz CT molecular complexity index is 133. The van der Waals surface area contributed by atoms with Crippen LogP contribution in [0.3, 0.4) is 0 Å². The van der Waals surface area contributed by atoms with Crippen molar-refractivity contribution in [2.45, 2.75) is 17.6 Å². The van der Waals surface area contributed by atoms with Crippen molar-refractivity contribution in [3.05, 3.63) is 0 Å². The highest BCUT2D eigenvalue weighted by Gasteiger charge is 2.48. The summed E-state index contributed by atoms with van der Waals surface area (Å²) in [6.45, 7) is 0.531. The lowest BCUT2D eigenvalue weighted by atomic mass is 10.4. The molecule has 0 heterocycles. The Balaban J connectivity index is 2.43. The number of hydrogen-bond donors (Lipinski definition) is 0. The monoisotopic (exact) mass is 168 g/mol. The van der Waals surface area contributed by atoms with Gasteiger partial charge in [-0.05, 0) is 23.5 Å². The van der Waals surface area contributed by atoms with Gasteiger partial charge in [0.2, 0.25) is 0 Å². The van der Waals surface area contributed by atoms with Crippen LogP contribution in [0, 0.1) is 0 Å². The minimum Gasteiger partial charge on any atom is -0.383 e. The molecular formula is C5H9ClO2S. The second kappa shape index (κ2) is 2.56. The molecule has 1 aliphatic rings. The summed E-state index contributed by atoms with van der Waals surface area (Å²) in [4.78, 5) is 0. The highest BCUT2D eigenvalue weighted by atomic mass is 35.7. The molecule has 0 saturated heterocycles. The molecule has 1 rings (SSSR count). The lowest BCUT2D eigenvalue weighted by molar-refractivity contribution is 0.194. The topological polar surface area (TPSA) is 26.3 Å². The third kappa shape index (κ3) is 1.45. The average Bonchev–Trinajstić information content (AvgIpc) is 2.49. The highest BCUT2D eigenvalue weighted by Crippen LogP contribution is 2.43. The summed E-state index contributed by atoms with van der Waals surface area (Å²) < 4.78 is 15.4. The number of ether oxygens (including phenoxy) is 1. The second-order valence-electron chi connectivity index (χ2n) is 2.34. The summed E-state index contributed by atoms with van der Waals surface area (Å²) in [5, 5.41) is 0. The Morgan fingerprint density at radius 2 is 2.33 bits per heavy atom. The van der Waals surface area contributed by atoms with E-state index >= 15 is 0 Å². The molecule has 1 atom stereocenters. The second-order valence-corrected chi connectivity index (χ2v) is 4.49. The van der Waals surface area contributed by atoms with Crippen molar-refractivity contribution in [3.63, 3.8) is 0 Å². The third-order valence-electron chi connectivity index (χ3n) is 1.56. The minimum atomic E-state index is -1.22. The van der Waals surface area contributed by atoms with E-state index in [-0.39, 0.29) is 4.75 Å². The van der Waals surface area contributed by atoms with Crippen LogP contribution in [0.25, 0.3) is 0 Å². The van der Waals surface area contributed by atoms with Gasteiger partial charge in [0.05, 0.1) is 11.4 Å². The first-order valence-electron chi connectivity index (χ1n) is 2.78. The molecular weight excluding hydrogens is 160 g/mol. The molecule has 2 nitrogen and oxygen atoms in total. The first-order chi connectivity index (χ1) is 4.21. The summed E-state index contributed by atoms with van der Waals surface area (Å²) in [6, 6.07) is 0. The van der Waals surface area contributed by atoms with Crippen LogP contribution in [0.15, 0.2) is 0 Å². The van der Waals surface area contributed by atoms with Crippen LogP contribution in [-0.2, 0) is 14.7 Å². The van der Waals surface area contributed by atoms with E-state index in [2.05, 4.69) is 0 Å². The Labute approximate surface area is 61.5 Å². The van der Waals surface area contributed by atoms with Crippen LogP contribution < -0.4 is 0 Å². The molecule has 0 aliphatic heterocycles. The van der Waals surface area contributed by atoms with Crippen molar-refractivity contribution in [2.75, 3.05) is 13.7 Å². The molecule has 1 saturated carbocycles. The van der Waals surface area contributed by atoms with E-state index in [9.17, 15) is 4.21 Å².